The molecule has 0 saturated heterocycles. The largest absolute Gasteiger partial charge is 0.494 e. The van der Waals surface area contributed by atoms with E-state index in [1.54, 1.807) is 4.52 Å². The molecule has 0 aliphatic carbocycles. The molecule has 0 amide bonds. The molecule has 0 saturated carbocycles. The molecule has 98 valence electrons. The first-order chi connectivity index (χ1) is 9.17. The summed E-state index contributed by atoms with van der Waals surface area (Å²) < 4.78 is 7.24. The van der Waals surface area contributed by atoms with Crippen molar-refractivity contribution >= 4 is 21.4 Å². The first-order valence-electron chi connectivity index (χ1n) is 6.03. The molecular weight excluding hydrogens is 260 g/mol. The number of aromatic nitrogens is 3. The molecule has 0 aliphatic rings. The molecule has 19 heavy (non-hydrogen) atoms. The highest BCUT2D eigenvalue weighted by Gasteiger charge is 2.09. The summed E-state index contributed by atoms with van der Waals surface area (Å²) in [4.78, 5) is 5.32. The highest BCUT2D eigenvalue weighted by molar-refractivity contribution is 7.20. The summed E-state index contributed by atoms with van der Waals surface area (Å²) in [6, 6.07) is 6.05. The Hall–Kier alpha value is -2.08. The monoisotopic (exact) mass is 274 g/mol. The van der Waals surface area contributed by atoms with Crippen molar-refractivity contribution in [3.63, 3.8) is 0 Å². The molecule has 0 fully saturated rings. The SMILES string of the molecule is CCOc1ccc(-c2cn3nc(N)sc3n2)cc1C. The molecule has 0 atom stereocenters. The molecule has 5 nitrogen and oxygen atoms in total. The van der Waals surface area contributed by atoms with Gasteiger partial charge in [0.05, 0.1) is 18.5 Å². The van der Waals surface area contributed by atoms with Crippen LogP contribution in [0, 0.1) is 6.92 Å². The van der Waals surface area contributed by atoms with Gasteiger partial charge in [-0.15, -0.1) is 5.10 Å². The number of fused-ring (bicyclic) bond motifs is 1. The Morgan fingerprint density at radius 3 is 2.95 bits per heavy atom. The van der Waals surface area contributed by atoms with Crippen LogP contribution in [-0.2, 0) is 0 Å². The molecule has 0 radical (unpaired) electrons. The lowest BCUT2D eigenvalue weighted by atomic mass is 10.1. The lowest BCUT2D eigenvalue weighted by molar-refractivity contribution is 0.338. The molecule has 3 aromatic rings. The highest BCUT2D eigenvalue weighted by atomic mass is 32.1. The molecule has 1 aromatic carbocycles. The van der Waals surface area contributed by atoms with Gasteiger partial charge < -0.3 is 10.5 Å². The zero-order valence-electron chi connectivity index (χ0n) is 10.8. The number of nitrogen functional groups attached to an aromatic ring is 1. The topological polar surface area (TPSA) is 65.4 Å². The van der Waals surface area contributed by atoms with Crippen LogP contribution in [0.25, 0.3) is 16.2 Å². The maximum Gasteiger partial charge on any atom is 0.214 e. The Labute approximate surface area is 114 Å². The van der Waals surface area contributed by atoms with Gasteiger partial charge >= 0.3 is 0 Å². The van der Waals surface area contributed by atoms with E-state index < -0.39 is 0 Å². The number of nitrogens with zero attached hydrogens (tertiary/aromatic N) is 3. The van der Waals surface area contributed by atoms with Gasteiger partial charge in [-0.3, -0.25) is 0 Å². The van der Waals surface area contributed by atoms with E-state index in [1.807, 2.05) is 32.2 Å². The summed E-state index contributed by atoms with van der Waals surface area (Å²) in [5, 5.41) is 4.68. The van der Waals surface area contributed by atoms with Gasteiger partial charge in [0.2, 0.25) is 10.1 Å². The van der Waals surface area contributed by atoms with Crippen LogP contribution in [0.5, 0.6) is 5.75 Å². The minimum atomic E-state index is 0.525. The smallest absolute Gasteiger partial charge is 0.214 e. The fourth-order valence-electron chi connectivity index (χ4n) is 1.98. The molecule has 2 N–H and O–H groups in total. The van der Waals surface area contributed by atoms with E-state index in [1.165, 1.54) is 11.3 Å². The number of hydrogen-bond acceptors (Lipinski definition) is 5. The second-order valence-corrected chi connectivity index (χ2v) is 5.19. The van der Waals surface area contributed by atoms with Crippen LogP contribution in [0.2, 0.25) is 0 Å². The van der Waals surface area contributed by atoms with Crippen molar-refractivity contribution in [1.82, 2.24) is 14.6 Å². The quantitative estimate of drug-likeness (QED) is 0.797. The summed E-state index contributed by atoms with van der Waals surface area (Å²) in [5.41, 5.74) is 8.68. The van der Waals surface area contributed by atoms with Crippen molar-refractivity contribution < 1.29 is 4.74 Å². The molecule has 0 bridgehead atoms. The maximum absolute atomic E-state index is 5.63. The van der Waals surface area contributed by atoms with E-state index >= 15 is 0 Å². The van der Waals surface area contributed by atoms with Crippen molar-refractivity contribution in [2.24, 2.45) is 0 Å². The predicted molar refractivity (Wildman–Crippen MR) is 76.6 cm³/mol. The summed E-state index contributed by atoms with van der Waals surface area (Å²) in [6.07, 6.45) is 1.89. The van der Waals surface area contributed by atoms with Crippen LogP contribution in [0.3, 0.4) is 0 Å². The van der Waals surface area contributed by atoms with E-state index in [0.29, 0.717) is 11.7 Å². The van der Waals surface area contributed by atoms with Crippen molar-refractivity contribution in [3.8, 4) is 17.0 Å². The van der Waals surface area contributed by atoms with Crippen LogP contribution in [-0.4, -0.2) is 21.2 Å². The number of benzene rings is 1. The van der Waals surface area contributed by atoms with Gasteiger partial charge in [-0.05, 0) is 37.6 Å². The Balaban J connectivity index is 2.00. The van der Waals surface area contributed by atoms with Gasteiger partial charge in [-0.2, -0.15) is 0 Å². The number of hydrogen-bond donors (Lipinski definition) is 1. The van der Waals surface area contributed by atoms with Crippen LogP contribution in [0.1, 0.15) is 12.5 Å². The molecule has 0 spiro atoms. The van der Waals surface area contributed by atoms with Crippen LogP contribution in [0.4, 0.5) is 5.13 Å². The first kappa shape index (κ1) is 12.0. The van der Waals surface area contributed by atoms with E-state index in [0.717, 1.165) is 27.5 Å². The molecule has 2 heterocycles. The molecule has 3 rings (SSSR count). The number of imidazole rings is 1. The maximum atomic E-state index is 5.63. The van der Waals surface area contributed by atoms with E-state index in [-0.39, 0.29) is 0 Å². The van der Waals surface area contributed by atoms with Gasteiger partial charge in [0.15, 0.2) is 0 Å². The van der Waals surface area contributed by atoms with Crippen molar-refractivity contribution in [1.29, 1.82) is 0 Å². The average molecular weight is 274 g/mol. The zero-order chi connectivity index (χ0) is 13.4. The van der Waals surface area contributed by atoms with Gasteiger partial charge in [-0.1, -0.05) is 11.3 Å². The van der Waals surface area contributed by atoms with E-state index in [2.05, 4.69) is 16.1 Å². The first-order valence-corrected chi connectivity index (χ1v) is 6.84. The highest BCUT2D eigenvalue weighted by Crippen LogP contribution is 2.27. The fourth-order valence-corrected chi connectivity index (χ4v) is 2.63. The Morgan fingerprint density at radius 2 is 2.26 bits per heavy atom. The average Bonchev–Trinajstić information content (AvgIpc) is 2.89. The lowest BCUT2D eigenvalue weighted by Crippen LogP contribution is -1.94. The van der Waals surface area contributed by atoms with E-state index in [4.69, 9.17) is 10.5 Å². The third-order valence-corrected chi connectivity index (χ3v) is 3.58. The second-order valence-electron chi connectivity index (χ2n) is 4.21. The summed E-state index contributed by atoms with van der Waals surface area (Å²) >= 11 is 1.38. The Morgan fingerprint density at radius 1 is 1.42 bits per heavy atom. The number of ether oxygens (including phenoxy) is 1. The summed E-state index contributed by atoms with van der Waals surface area (Å²) in [5.74, 6) is 0.912. The normalized spacial score (nSPS) is 11.1. The number of nitrogens with two attached hydrogens (primary N) is 1. The molecule has 2 aromatic heterocycles. The van der Waals surface area contributed by atoms with Crippen LogP contribution < -0.4 is 10.5 Å². The Bertz CT molecular complexity index is 700. The third-order valence-electron chi connectivity index (χ3n) is 2.83. The minimum absolute atomic E-state index is 0.525. The van der Waals surface area contributed by atoms with Crippen LogP contribution >= 0.6 is 11.3 Å². The van der Waals surface area contributed by atoms with Gasteiger partial charge in [0, 0.05) is 5.56 Å². The predicted octanol–water partition coefficient (Wildman–Crippen LogP) is 2.75. The second kappa shape index (κ2) is 4.55. The number of rotatable bonds is 3. The number of anilines is 1. The van der Waals surface area contributed by atoms with Crippen molar-refractivity contribution in [2.45, 2.75) is 13.8 Å². The molecular formula is C13H14N4OS. The summed E-state index contributed by atoms with van der Waals surface area (Å²) in [7, 11) is 0. The zero-order valence-corrected chi connectivity index (χ0v) is 11.6. The lowest BCUT2D eigenvalue weighted by Gasteiger charge is -2.07. The van der Waals surface area contributed by atoms with Crippen LogP contribution in [0.15, 0.2) is 24.4 Å². The molecule has 6 heteroatoms. The van der Waals surface area contributed by atoms with Gasteiger partial charge in [-0.25, -0.2) is 9.50 Å². The van der Waals surface area contributed by atoms with Gasteiger partial charge in [0.25, 0.3) is 0 Å². The van der Waals surface area contributed by atoms with E-state index in [9.17, 15) is 0 Å². The van der Waals surface area contributed by atoms with Gasteiger partial charge in [0.1, 0.15) is 5.75 Å². The Kier molecular flexibility index (Phi) is 2.87. The molecule has 0 aliphatic heterocycles. The third kappa shape index (κ3) is 2.15. The van der Waals surface area contributed by atoms with Crippen molar-refractivity contribution in [2.75, 3.05) is 12.3 Å². The fraction of sp³-hybridized carbons (Fsp3) is 0.231. The molecule has 0 unspecified atom stereocenters. The van der Waals surface area contributed by atoms with Crippen molar-refractivity contribution in [3.05, 3.63) is 30.0 Å². The number of aryl methyl sites for hydroxylation is 1. The standard InChI is InChI=1S/C13H14N4OS/c1-3-18-11-5-4-9(6-8(11)2)10-7-17-13(15-10)19-12(14)16-17/h4-7H,3H2,1-2H3,(H2,14,16). The summed E-state index contributed by atoms with van der Waals surface area (Å²) in [6.45, 7) is 4.68. The minimum Gasteiger partial charge on any atom is -0.494 e.